The number of aromatic nitrogens is 1. The fourth-order valence-electron chi connectivity index (χ4n) is 0.930. The van der Waals surface area contributed by atoms with Gasteiger partial charge in [-0.1, -0.05) is 34.8 Å². The maximum Gasteiger partial charge on any atom is 0.230 e. The number of hydrogen-bond donors (Lipinski definition) is 0. The van der Waals surface area contributed by atoms with Gasteiger partial charge in [-0.25, -0.2) is 0 Å². The van der Waals surface area contributed by atoms with Crippen molar-refractivity contribution in [2.45, 2.75) is 3.79 Å². The molecule has 15 heavy (non-hydrogen) atoms. The molecule has 84 valence electrons. The number of nitrogens with zero attached hydrogens (tertiary/aromatic N) is 1. The van der Waals surface area contributed by atoms with E-state index >= 15 is 0 Å². The topological polar surface area (TPSA) is 31.4 Å². The monoisotopic (exact) mass is 381 g/mol. The zero-order chi connectivity index (χ0) is 11.6. The predicted molar refractivity (Wildman–Crippen MR) is 69.3 cm³/mol. The molecule has 1 rings (SSSR count). The van der Waals surface area contributed by atoms with Gasteiger partial charge in [0.1, 0.15) is 0 Å². The van der Waals surface area contributed by atoms with Crippen molar-refractivity contribution in [3.05, 3.63) is 15.2 Å². The molecule has 0 amide bonds. The normalized spacial score (nSPS) is 11.3. The first-order chi connectivity index (χ1) is 6.90. The molecule has 0 fully saturated rings. The van der Waals surface area contributed by atoms with Crippen molar-refractivity contribution in [2.24, 2.45) is 0 Å². The Hall–Kier alpha value is 0.350. The molecule has 3 nitrogen and oxygen atoms in total. The molecule has 0 spiro atoms. The number of halogens is 4. The van der Waals surface area contributed by atoms with Gasteiger partial charge in [0.05, 0.1) is 17.8 Å². The maximum atomic E-state index is 5.81. The number of methoxy groups -OCH3 is 2. The minimum atomic E-state index is -1.53. The lowest BCUT2D eigenvalue weighted by atomic mass is 10.3. The Morgan fingerprint density at radius 3 is 2.27 bits per heavy atom. The molecule has 1 heterocycles. The van der Waals surface area contributed by atoms with Crippen LogP contribution in [0.3, 0.4) is 0 Å². The van der Waals surface area contributed by atoms with Crippen molar-refractivity contribution < 1.29 is 9.47 Å². The Balaban J connectivity index is 3.37. The molecule has 1 aromatic rings. The molecule has 0 aliphatic heterocycles. The molecule has 7 heteroatoms. The van der Waals surface area contributed by atoms with Crippen molar-refractivity contribution in [3.8, 4) is 11.8 Å². The molecule has 0 aromatic carbocycles. The van der Waals surface area contributed by atoms with Crippen LogP contribution in [0, 0.1) is 3.57 Å². The molecule has 0 bridgehead atoms. The van der Waals surface area contributed by atoms with Crippen molar-refractivity contribution >= 4 is 57.4 Å². The number of alkyl halides is 3. The van der Waals surface area contributed by atoms with E-state index in [1.54, 1.807) is 6.07 Å². The van der Waals surface area contributed by atoms with Crippen LogP contribution in [-0.2, 0) is 3.79 Å². The van der Waals surface area contributed by atoms with Crippen LogP contribution in [0.1, 0.15) is 5.56 Å². The van der Waals surface area contributed by atoms with Crippen LogP contribution in [-0.4, -0.2) is 19.2 Å². The first kappa shape index (κ1) is 13.4. The van der Waals surface area contributed by atoms with Crippen LogP contribution in [0.4, 0.5) is 0 Å². The van der Waals surface area contributed by atoms with E-state index in [4.69, 9.17) is 44.3 Å². The summed E-state index contributed by atoms with van der Waals surface area (Å²) in [5.74, 6) is 0.713. The van der Waals surface area contributed by atoms with Gasteiger partial charge in [-0.2, -0.15) is 4.98 Å². The summed E-state index contributed by atoms with van der Waals surface area (Å²) < 4.78 is 9.15. The minimum absolute atomic E-state index is 0.341. The summed E-state index contributed by atoms with van der Waals surface area (Å²) >= 11 is 19.4. The second-order valence-electron chi connectivity index (χ2n) is 2.53. The van der Waals surface area contributed by atoms with Crippen molar-refractivity contribution in [1.82, 2.24) is 4.98 Å². The zero-order valence-corrected chi connectivity index (χ0v) is 12.3. The molecule has 0 radical (unpaired) electrons. The maximum absolute atomic E-state index is 5.81. The van der Waals surface area contributed by atoms with Crippen LogP contribution in [0.5, 0.6) is 11.8 Å². The third kappa shape index (κ3) is 3.15. The van der Waals surface area contributed by atoms with E-state index in [0.29, 0.717) is 20.9 Å². The van der Waals surface area contributed by atoms with E-state index < -0.39 is 3.79 Å². The van der Waals surface area contributed by atoms with Gasteiger partial charge in [-0.3, -0.25) is 0 Å². The van der Waals surface area contributed by atoms with Crippen molar-refractivity contribution in [1.29, 1.82) is 0 Å². The van der Waals surface area contributed by atoms with E-state index in [-0.39, 0.29) is 0 Å². The number of pyridine rings is 1. The lowest BCUT2D eigenvalue weighted by Gasteiger charge is -2.16. The summed E-state index contributed by atoms with van der Waals surface area (Å²) in [6.07, 6.45) is 0. The Morgan fingerprint density at radius 1 is 1.27 bits per heavy atom. The summed E-state index contributed by atoms with van der Waals surface area (Å²) in [4.78, 5) is 4.06. The van der Waals surface area contributed by atoms with E-state index in [1.807, 2.05) is 22.6 Å². The average Bonchev–Trinajstić information content (AvgIpc) is 2.16. The smallest absolute Gasteiger partial charge is 0.230 e. The van der Waals surface area contributed by atoms with Gasteiger partial charge in [-0.05, 0) is 22.6 Å². The van der Waals surface area contributed by atoms with Gasteiger partial charge in [-0.15, -0.1) is 0 Å². The van der Waals surface area contributed by atoms with Gasteiger partial charge in [0, 0.05) is 11.6 Å². The fourth-order valence-corrected chi connectivity index (χ4v) is 2.76. The molecule has 0 N–H and O–H groups in total. The highest BCUT2D eigenvalue weighted by Gasteiger charge is 2.29. The highest BCUT2D eigenvalue weighted by Crippen LogP contribution is 2.43. The van der Waals surface area contributed by atoms with Crippen LogP contribution in [0.15, 0.2) is 6.07 Å². The number of hydrogen-bond acceptors (Lipinski definition) is 3. The molecule has 0 atom stereocenters. The summed E-state index contributed by atoms with van der Waals surface area (Å²) in [6.45, 7) is 0. The van der Waals surface area contributed by atoms with Crippen LogP contribution in [0.25, 0.3) is 0 Å². The van der Waals surface area contributed by atoms with Gasteiger partial charge in [0.2, 0.25) is 15.6 Å². The van der Waals surface area contributed by atoms with E-state index in [1.165, 1.54) is 14.2 Å². The lowest BCUT2D eigenvalue weighted by molar-refractivity contribution is 0.361. The highest BCUT2D eigenvalue weighted by atomic mass is 127. The number of rotatable bonds is 2. The molecular weight excluding hydrogens is 375 g/mol. The average molecular weight is 382 g/mol. The molecule has 0 saturated carbocycles. The van der Waals surface area contributed by atoms with Gasteiger partial charge in [0.25, 0.3) is 0 Å². The van der Waals surface area contributed by atoms with E-state index in [2.05, 4.69) is 4.98 Å². The van der Waals surface area contributed by atoms with Crippen LogP contribution < -0.4 is 9.47 Å². The molecular formula is C8H7Cl3INO2. The third-order valence-corrected chi connectivity index (χ3v) is 3.26. The largest absolute Gasteiger partial charge is 0.481 e. The summed E-state index contributed by atoms with van der Waals surface area (Å²) in [6, 6.07) is 1.57. The summed E-state index contributed by atoms with van der Waals surface area (Å²) in [5, 5.41) is 0. The molecule has 1 aromatic heterocycles. The molecule has 0 aliphatic rings. The van der Waals surface area contributed by atoms with Crippen molar-refractivity contribution in [3.63, 3.8) is 0 Å². The molecule has 0 aliphatic carbocycles. The second kappa shape index (κ2) is 5.12. The van der Waals surface area contributed by atoms with Gasteiger partial charge >= 0.3 is 0 Å². The highest BCUT2D eigenvalue weighted by molar-refractivity contribution is 14.1. The predicted octanol–water partition coefficient (Wildman–Crippen LogP) is 3.53. The Kier molecular flexibility index (Phi) is 4.58. The Labute approximate surface area is 116 Å². The SMILES string of the molecule is COc1cc(C(Cl)(Cl)Cl)c(I)c(OC)n1. The Bertz CT molecular complexity index is 368. The fraction of sp³-hybridized carbons (Fsp3) is 0.375. The van der Waals surface area contributed by atoms with Crippen molar-refractivity contribution in [2.75, 3.05) is 14.2 Å². The minimum Gasteiger partial charge on any atom is -0.481 e. The Morgan fingerprint density at radius 2 is 1.87 bits per heavy atom. The summed E-state index contributed by atoms with van der Waals surface area (Å²) in [7, 11) is 2.98. The quantitative estimate of drug-likeness (QED) is 0.579. The first-order valence-electron chi connectivity index (χ1n) is 3.76. The lowest BCUT2D eigenvalue weighted by Crippen LogP contribution is -2.07. The van der Waals surface area contributed by atoms with Gasteiger partial charge < -0.3 is 9.47 Å². The van der Waals surface area contributed by atoms with E-state index in [0.717, 1.165) is 0 Å². The first-order valence-corrected chi connectivity index (χ1v) is 5.97. The summed E-state index contributed by atoms with van der Waals surface area (Å²) in [5.41, 5.74) is 0.483. The third-order valence-electron chi connectivity index (χ3n) is 1.61. The molecule has 0 saturated heterocycles. The second-order valence-corrected chi connectivity index (χ2v) is 5.89. The van der Waals surface area contributed by atoms with Crippen LogP contribution >= 0.6 is 57.4 Å². The molecule has 0 unspecified atom stereocenters. The van der Waals surface area contributed by atoms with E-state index in [9.17, 15) is 0 Å². The number of ether oxygens (including phenoxy) is 2. The van der Waals surface area contributed by atoms with Gasteiger partial charge in [0.15, 0.2) is 0 Å². The van der Waals surface area contributed by atoms with Crippen LogP contribution in [0.2, 0.25) is 0 Å². The standard InChI is InChI=1S/C8H7Cl3INO2/c1-14-5-3-4(8(9,10)11)6(12)7(13-5)15-2/h3H,1-2H3. The zero-order valence-electron chi connectivity index (χ0n) is 7.85.